The van der Waals surface area contributed by atoms with Crippen LogP contribution in [-0.2, 0) is 10.1 Å². The van der Waals surface area contributed by atoms with Gasteiger partial charge in [0.25, 0.3) is 0 Å². The smallest absolute Gasteiger partial charge is 0.376 e. The van der Waals surface area contributed by atoms with Crippen LogP contribution in [0.2, 0.25) is 0 Å². The molecule has 0 aliphatic heterocycles. The SMILES string of the molecule is O=S(=O)(Oc1cc(N(c2ccccc2)c2ccc3sc4ccccc4c3c2)c2sc3ccc(-c4ccc5sc6ccccc6c5c4)cc3c2c1)C(F)(F)F. The minimum absolute atomic E-state index is 0.436. The summed E-state index contributed by atoms with van der Waals surface area (Å²) >= 11 is 4.91. The first-order valence-corrected chi connectivity index (χ1v) is 20.7. The monoisotopic (exact) mass is 787 g/mol. The molecular formula is C43H24F3NO3S4. The number of thiophene rings is 3. The van der Waals surface area contributed by atoms with Crippen LogP contribution in [0.5, 0.6) is 5.75 Å². The number of fused-ring (bicyclic) bond motifs is 9. The molecule has 10 rings (SSSR count). The number of anilines is 3. The van der Waals surface area contributed by atoms with Gasteiger partial charge in [-0.05, 0) is 83.9 Å². The molecule has 0 fully saturated rings. The normalized spacial score (nSPS) is 12.5. The van der Waals surface area contributed by atoms with Gasteiger partial charge >= 0.3 is 15.6 Å². The van der Waals surface area contributed by atoms with E-state index in [1.165, 1.54) is 38.3 Å². The van der Waals surface area contributed by atoms with Gasteiger partial charge in [-0.25, -0.2) is 0 Å². The van der Waals surface area contributed by atoms with Crippen molar-refractivity contribution < 1.29 is 25.8 Å². The van der Waals surface area contributed by atoms with E-state index < -0.39 is 21.4 Å². The molecule has 0 amide bonds. The van der Waals surface area contributed by atoms with E-state index in [2.05, 4.69) is 48.5 Å². The number of hydrogen-bond acceptors (Lipinski definition) is 7. The molecule has 4 nitrogen and oxygen atoms in total. The van der Waals surface area contributed by atoms with E-state index >= 15 is 0 Å². The highest BCUT2D eigenvalue weighted by atomic mass is 32.2. The van der Waals surface area contributed by atoms with Gasteiger partial charge in [0.05, 0.1) is 10.4 Å². The van der Waals surface area contributed by atoms with Crippen molar-refractivity contribution in [3.8, 4) is 16.9 Å². The quantitative estimate of drug-likeness (QED) is 0.124. The minimum Gasteiger partial charge on any atom is -0.376 e. The summed E-state index contributed by atoms with van der Waals surface area (Å²) in [4.78, 5) is 1.95. The van der Waals surface area contributed by atoms with Crippen LogP contribution < -0.4 is 9.08 Å². The predicted octanol–water partition coefficient (Wildman–Crippen LogP) is 14.2. The van der Waals surface area contributed by atoms with Gasteiger partial charge in [0.2, 0.25) is 0 Å². The Bertz CT molecular complexity index is 3220. The van der Waals surface area contributed by atoms with Gasteiger partial charge in [0, 0.05) is 73.3 Å². The summed E-state index contributed by atoms with van der Waals surface area (Å²) in [5.41, 5.74) is -1.72. The standard InChI is InChI=1S/C43H24F3NO3S4/c44-43(45,46)54(48,49)50-29-23-35-33-21-26(25-14-17-39-32(20-25)30-10-4-6-12-37(30)51-39)15-18-41(33)53-42(35)36(24-29)47(27-8-2-1-3-9-27)28-16-19-40-34(22-28)31-11-5-7-13-38(31)52-40/h1-24H. The highest BCUT2D eigenvalue weighted by Crippen LogP contribution is 2.49. The topological polar surface area (TPSA) is 46.6 Å². The predicted molar refractivity (Wildman–Crippen MR) is 221 cm³/mol. The number of halogens is 3. The average molecular weight is 788 g/mol. The average Bonchev–Trinajstić information content (AvgIpc) is 3.85. The van der Waals surface area contributed by atoms with Crippen LogP contribution in [0.15, 0.2) is 146 Å². The fourth-order valence-electron chi connectivity index (χ4n) is 7.17. The van der Waals surface area contributed by atoms with Crippen LogP contribution in [0.4, 0.5) is 30.2 Å². The van der Waals surface area contributed by atoms with E-state index in [0.717, 1.165) is 62.8 Å². The maximum Gasteiger partial charge on any atom is 0.534 e. The summed E-state index contributed by atoms with van der Waals surface area (Å²) in [6.45, 7) is 0. The van der Waals surface area contributed by atoms with Crippen molar-refractivity contribution >= 4 is 122 Å². The number of hydrogen-bond donors (Lipinski definition) is 0. The van der Waals surface area contributed by atoms with E-state index in [-0.39, 0.29) is 0 Å². The number of alkyl halides is 3. The molecule has 7 aromatic carbocycles. The molecule has 0 radical (unpaired) electrons. The largest absolute Gasteiger partial charge is 0.534 e. The Balaban J connectivity index is 1.22. The highest BCUT2D eigenvalue weighted by molar-refractivity contribution is 7.88. The van der Waals surface area contributed by atoms with Crippen molar-refractivity contribution in [1.82, 2.24) is 0 Å². The first-order chi connectivity index (χ1) is 26.1. The lowest BCUT2D eigenvalue weighted by Crippen LogP contribution is -2.28. The molecule has 3 heterocycles. The fourth-order valence-corrected chi connectivity index (χ4v) is 11.0. The van der Waals surface area contributed by atoms with Gasteiger partial charge in [0.15, 0.2) is 0 Å². The molecule has 10 aromatic rings. The van der Waals surface area contributed by atoms with E-state index in [1.807, 2.05) is 89.8 Å². The molecule has 0 saturated heterocycles. The summed E-state index contributed by atoms with van der Waals surface area (Å²) < 4.78 is 77.4. The molecule has 0 atom stereocenters. The molecule has 0 N–H and O–H groups in total. The Morgan fingerprint density at radius 2 is 1.00 bits per heavy atom. The molecule has 0 aliphatic rings. The van der Waals surface area contributed by atoms with Gasteiger partial charge in [-0.3, -0.25) is 0 Å². The molecule has 264 valence electrons. The lowest BCUT2D eigenvalue weighted by Gasteiger charge is -2.26. The second kappa shape index (κ2) is 12.3. The first-order valence-electron chi connectivity index (χ1n) is 16.8. The number of nitrogens with zero attached hydrogens (tertiary/aromatic N) is 1. The summed E-state index contributed by atoms with van der Waals surface area (Å²) in [6.07, 6.45) is 0. The summed E-state index contributed by atoms with van der Waals surface area (Å²) in [5, 5.41) is 5.79. The number of benzene rings is 7. The number of rotatable bonds is 6. The third kappa shape index (κ3) is 5.41. The molecule has 54 heavy (non-hydrogen) atoms. The van der Waals surface area contributed by atoms with E-state index in [1.54, 1.807) is 22.7 Å². The van der Waals surface area contributed by atoms with E-state index in [9.17, 15) is 21.6 Å². The first kappa shape index (κ1) is 33.1. The zero-order chi connectivity index (χ0) is 36.8. The lowest BCUT2D eigenvalue weighted by atomic mass is 10.0. The van der Waals surface area contributed by atoms with Crippen molar-refractivity contribution in [2.24, 2.45) is 0 Å². The van der Waals surface area contributed by atoms with Crippen LogP contribution in [0.1, 0.15) is 0 Å². The highest BCUT2D eigenvalue weighted by Gasteiger charge is 2.48. The molecule has 0 spiro atoms. The van der Waals surface area contributed by atoms with Gasteiger partial charge in [-0.15, -0.1) is 34.0 Å². The fraction of sp³-hybridized carbons (Fsp3) is 0.0233. The molecule has 0 unspecified atom stereocenters. The van der Waals surface area contributed by atoms with Gasteiger partial charge in [-0.2, -0.15) is 21.6 Å². The molecule has 11 heteroatoms. The molecule has 0 aliphatic carbocycles. The Hall–Kier alpha value is -5.46. The van der Waals surface area contributed by atoms with Crippen molar-refractivity contribution in [1.29, 1.82) is 0 Å². The van der Waals surface area contributed by atoms with Crippen LogP contribution in [0, 0.1) is 0 Å². The molecule has 3 aromatic heterocycles. The molecule has 0 bridgehead atoms. The third-order valence-electron chi connectivity index (χ3n) is 9.60. The van der Waals surface area contributed by atoms with Crippen molar-refractivity contribution in [2.45, 2.75) is 5.51 Å². The second-order valence-corrected chi connectivity index (χ2v) is 17.6. The lowest BCUT2D eigenvalue weighted by molar-refractivity contribution is -0.0500. The molecule has 0 saturated carbocycles. The van der Waals surface area contributed by atoms with E-state index in [4.69, 9.17) is 4.18 Å². The van der Waals surface area contributed by atoms with Crippen LogP contribution in [-0.4, -0.2) is 13.9 Å². The van der Waals surface area contributed by atoms with Gasteiger partial charge < -0.3 is 9.08 Å². The summed E-state index contributed by atoms with van der Waals surface area (Å²) in [7, 11) is -5.97. The van der Waals surface area contributed by atoms with E-state index in [0.29, 0.717) is 11.1 Å². The maximum absolute atomic E-state index is 13.8. The number of para-hydroxylation sites is 1. The zero-order valence-corrected chi connectivity index (χ0v) is 31.1. The van der Waals surface area contributed by atoms with Crippen molar-refractivity contribution in [2.75, 3.05) is 4.90 Å². The summed E-state index contributed by atoms with van der Waals surface area (Å²) in [6, 6.07) is 47.2. The third-order valence-corrected chi connectivity index (χ3v) is 14.1. The minimum atomic E-state index is -5.97. The van der Waals surface area contributed by atoms with Crippen molar-refractivity contribution in [3.05, 3.63) is 146 Å². The Morgan fingerprint density at radius 3 is 1.63 bits per heavy atom. The Labute approximate surface area is 318 Å². The van der Waals surface area contributed by atoms with Crippen LogP contribution in [0.3, 0.4) is 0 Å². The second-order valence-electron chi connectivity index (χ2n) is 12.9. The van der Waals surface area contributed by atoms with Crippen LogP contribution >= 0.6 is 34.0 Å². The Kier molecular flexibility index (Phi) is 7.54. The van der Waals surface area contributed by atoms with Gasteiger partial charge in [-0.1, -0.05) is 66.7 Å². The molecular weight excluding hydrogens is 764 g/mol. The summed E-state index contributed by atoms with van der Waals surface area (Å²) in [5.74, 6) is -0.436. The maximum atomic E-state index is 13.8. The zero-order valence-electron chi connectivity index (χ0n) is 27.8. The van der Waals surface area contributed by atoms with Crippen LogP contribution in [0.25, 0.3) is 71.6 Å². The van der Waals surface area contributed by atoms with Crippen molar-refractivity contribution in [3.63, 3.8) is 0 Å². The van der Waals surface area contributed by atoms with Gasteiger partial charge in [0.1, 0.15) is 5.75 Å². The Morgan fingerprint density at radius 1 is 0.481 bits per heavy atom.